The van der Waals surface area contributed by atoms with E-state index in [9.17, 15) is 4.79 Å². The first-order valence-electron chi connectivity index (χ1n) is 9.16. The van der Waals surface area contributed by atoms with Crippen molar-refractivity contribution in [2.24, 2.45) is 5.92 Å². The Morgan fingerprint density at radius 2 is 1.88 bits per heavy atom. The van der Waals surface area contributed by atoms with Gasteiger partial charge in [0.2, 0.25) is 11.9 Å². The second-order valence-corrected chi connectivity index (χ2v) is 6.66. The predicted molar refractivity (Wildman–Crippen MR) is 103 cm³/mol. The number of benzene rings is 1. The molecular weight excluding hydrogens is 328 g/mol. The van der Waals surface area contributed by atoms with Crippen LogP contribution in [0.4, 0.5) is 11.6 Å². The Kier molecular flexibility index (Phi) is 5.71. The van der Waals surface area contributed by atoms with Crippen molar-refractivity contribution in [2.75, 3.05) is 29.9 Å². The highest BCUT2D eigenvalue weighted by Gasteiger charge is 2.26. The molecule has 1 fully saturated rings. The maximum absolute atomic E-state index is 12.6. The van der Waals surface area contributed by atoms with Crippen LogP contribution < -0.4 is 15.0 Å². The molecule has 0 spiro atoms. The summed E-state index contributed by atoms with van der Waals surface area (Å²) in [6, 6.07) is 9.50. The molecular formula is C20H26N4O2. The highest BCUT2D eigenvalue weighted by atomic mass is 16.5. The minimum Gasteiger partial charge on any atom is -0.494 e. The smallest absolute Gasteiger partial charge is 0.227 e. The SMILES string of the molecule is CCOc1cccc(NC(=O)C2CCN(c3nc(C)cc(C)n3)CC2)c1. The fraction of sp³-hybridized carbons (Fsp3) is 0.450. The van der Waals surface area contributed by atoms with Crippen molar-refractivity contribution in [1.29, 1.82) is 0 Å². The van der Waals surface area contributed by atoms with Crippen LogP contribution in [0.1, 0.15) is 31.2 Å². The number of aryl methyl sites for hydroxylation is 2. The molecule has 0 unspecified atom stereocenters. The summed E-state index contributed by atoms with van der Waals surface area (Å²) in [5.41, 5.74) is 2.73. The zero-order valence-corrected chi connectivity index (χ0v) is 15.7. The summed E-state index contributed by atoms with van der Waals surface area (Å²) in [6.45, 7) is 8.10. The molecule has 6 heteroatoms. The number of nitrogens with zero attached hydrogens (tertiary/aromatic N) is 3. The number of anilines is 2. The van der Waals surface area contributed by atoms with Crippen LogP contribution in [0.3, 0.4) is 0 Å². The lowest BCUT2D eigenvalue weighted by atomic mass is 9.96. The Hall–Kier alpha value is -2.63. The second-order valence-electron chi connectivity index (χ2n) is 6.66. The number of nitrogens with one attached hydrogen (secondary N) is 1. The molecule has 2 heterocycles. The first-order chi connectivity index (χ1) is 12.5. The first-order valence-corrected chi connectivity index (χ1v) is 9.16. The van der Waals surface area contributed by atoms with Gasteiger partial charge in [0, 0.05) is 42.1 Å². The van der Waals surface area contributed by atoms with Gasteiger partial charge in [-0.2, -0.15) is 0 Å². The minimum absolute atomic E-state index is 0.00732. The van der Waals surface area contributed by atoms with E-state index in [0.717, 1.165) is 54.7 Å². The van der Waals surface area contributed by atoms with Gasteiger partial charge >= 0.3 is 0 Å². The van der Waals surface area contributed by atoms with Gasteiger partial charge in [-0.1, -0.05) is 6.07 Å². The van der Waals surface area contributed by atoms with Crippen LogP contribution in [0, 0.1) is 19.8 Å². The van der Waals surface area contributed by atoms with Crippen molar-refractivity contribution in [3.8, 4) is 5.75 Å². The molecule has 1 aromatic carbocycles. The monoisotopic (exact) mass is 354 g/mol. The van der Waals surface area contributed by atoms with Crippen LogP contribution >= 0.6 is 0 Å². The highest BCUT2D eigenvalue weighted by molar-refractivity contribution is 5.92. The average molecular weight is 354 g/mol. The number of rotatable bonds is 5. The van der Waals surface area contributed by atoms with Gasteiger partial charge in [-0.3, -0.25) is 4.79 Å². The quantitative estimate of drug-likeness (QED) is 0.892. The number of carbonyl (C=O) groups excluding carboxylic acids is 1. The summed E-state index contributed by atoms with van der Waals surface area (Å²) >= 11 is 0. The summed E-state index contributed by atoms with van der Waals surface area (Å²) in [5, 5.41) is 3.01. The van der Waals surface area contributed by atoms with E-state index in [0.29, 0.717) is 6.61 Å². The van der Waals surface area contributed by atoms with Gasteiger partial charge in [-0.05, 0) is 51.8 Å². The van der Waals surface area contributed by atoms with Gasteiger partial charge in [0.15, 0.2) is 0 Å². The van der Waals surface area contributed by atoms with Crippen LogP contribution in [-0.4, -0.2) is 35.6 Å². The van der Waals surface area contributed by atoms with E-state index >= 15 is 0 Å². The topological polar surface area (TPSA) is 67.3 Å². The lowest BCUT2D eigenvalue weighted by molar-refractivity contribution is -0.120. The van der Waals surface area contributed by atoms with E-state index in [4.69, 9.17) is 4.74 Å². The molecule has 26 heavy (non-hydrogen) atoms. The van der Waals surface area contributed by atoms with E-state index in [1.54, 1.807) is 0 Å². The largest absolute Gasteiger partial charge is 0.494 e. The van der Waals surface area contributed by atoms with Crippen LogP contribution in [0.2, 0.25) is 0 Å². The molecule has 2 aromatic rings. The Labute approximate surface area is 154 Å². The summed E-state index contributed by atoms with van der Waals surface area (Å²) in [7, 11) is 0. The van der Waals surface area contributed by atoms with E-state index in [2.05, 4.69) is 20.2 Å². The van der Waals surface area contributed by atoms with Crippen LogP contribution in [0.5, 0.6) is 5.75 Å². The Morgan fingerprint density at radius 1 is 1.19 bits per heavy atom. The standard InChI is InChI=1S/C20H26N4O2/c1-4-26-18-7-5-6-17(13-18)23-19(25)16-8-10-24(11-9-16)20-21-14(2)12-15(3)22-20/h5-7,12-13,16H,4,8-11H2,1-3H3,(H,23,25). The summed E-state index contributed by atoms with van der Waals surface area (Å²) in [5.74, 6) is 1.62. The van der Waals surface area contributed by atoms with Crippen molar-refractivity contribution in [1.82, 2.24) is 9.97 Å². The third-order valence-electron chi connectivity index (χ3n) is 4.53. The van der Waals surface area contributed by atoms with Gasteiger partial charge < -0.3 is 15.0 Å². The average Bonchev–Trinajstić information content (AvgIpc) is 2.61. The summed E-state index contributed by atoms with van der Waals surface area (Å²) < 4.78 is 5.48. The van der Waals surface area contributed by atoms with Crippen molar-refractivity contribution < 1.29 is 9.53 Å². The minimum atomic E-state index is 0.00732. The summed E-state index contributed by atoms with van der Waals surface area (Å²) in [4.78, 5) is 23.8. The third-order valence-corrected chi connectivity index (χ3v) is 4.53. The Balaban J connectivity index is 1.57. The van der Waals surface area contributed by atoms with Crippen LogP contribution in [-0.2, 0) is 4.79 Å². The van der Waals surface area contributed by atoms with Crippen LogP contribution in [0.15, 0.2) is 30.3 Å². The number of hydrogen-bond donors (Lipinski definition) is 1. The molecule has 6 nitrogen and oxygen atoms in total. The van der Waals surface area contributed by atoms with Crippen molar-refractivity contribution in [2.45, 2.75) is 33.6 Å². The van der Waals surface area contributed by atoms with E-state index < -0.39 is 0 Å². The van der Waals surface area contributed by atoms with Gasteiger partial charge in [-0.25, -0.2) is 9.97 Å². The lowest BCUT2D eigenvalue weighted by Gasteiger charge is -2.31. The molecule has 0 aliphatic carbocycles. The fourth-order valence-corrected chi connectivity index (χ4v) is 3.27. The number of amides is 1. The zero-order valence-electron chi connectivity index (χ0n) is 15.7. The third kappa shape index (κ3) is 4.50. The molecule has 1 saturated heterocycles. The van der Waals surface area contributed by atoms with Gasteiger partial charge in [0.1, 0.15) is 5.75 Å². The molecule has 1 aliphatic heterocycles. The van der Waals surface area contributed by atoms with E-state index in [1.165, 1.54) is 0 Å². The van der Waals surface area contributed by atoms with Crippen molar-refractivity contribution in [3.05, 3.63) is 41.7 Å². The molecule has 3 rings (SSSR count). The number of hydrogen-bond acceptors (Lipinski definition) is 5. The second kappa shape index (κ2) is 8.17. The first kappa shape index (κ1) is 18.2. The highest BCUT2D eigenvalue weighted by Crippen LogP contribution is 2.24. The van der Waals surface area contributed by atoms with Gasteiger partial charge in [-0.15, -0.1) is 0 Å². The molecule has 0 radical (unpaired) electrons. The Bertz CT molecular complexity index is 750. The van der Waals surface area contributed by atoms with Gasteiger partial charge in [0.25, 0.3) is 0 Å². The molecule has 1 amide bonds. The zero-order chi connectivity index (χ0) is 18.5. The lowest BCUT2D eigenvalue weighted by Crippen LogP contribution is -2.39. The fourth-order valence-electron chi connectivity index (χ4n) is 3.27. The van der Waals surface area contributed by atoms with Crippen molar-refractivity contribution >= 4 is 17.5 Å². The summed E-state index contributed by atoms with van der Waals surface area (Å²) in [6.07, 6.45) is 1.60. The molecule has 0 atom stereocenters. The predicted octanol–water partition coefficient (Wildman–Crippen LogP) is 3.35. The van der Waals surface area contributed by atoms with Gasteiger partial charge in [0.05, 0.1) is 6.61 Å². The molecule has 138 valence electrons. The van der Waals surface area contributed by atoms with E-state index in [1.807, 2.05) is 51.1 Å². The number of aromatic nitrogens is 2. The molecule has 1 N–H and O–H groups in total. The number of ether oxygens (including phenoxy) is 1. The molecule has 0 bridgehead atoms. The maximum Gasteiger partial charge on any atom is 0.227 e. The Morgan fingerprint density at radius 3 is 2.54 bits per heavy atom. The van der Waals surface area contributed by atoms with Crippen molar-refractivity contribution in [3.63, 3.8) is 0 Å². The number of carbonyl (C=O) groups is 1. The molecule has 0 saturated carbocycles. The molecule has 1 aromatic heterocycles. The number of piperidine rings is 1. The normalized spacial score (nSPS) is 15.0. The van der Waals surface area contributed by atoms with E-state index in [-0.39, 0.29) is 11.8 Å². The molecule has 1 aliphatic rings. The van der Waals surface area contributed by atoms with Crippen LogP contribution in [0.25, 0.3) is 0 Å². The maximum atomic E-state index is 12.6.